The zero-order valence-electron chi connectivity index (χ0n) is 13.5. The molecule has 2 N–H and O–H groups in total. The number of rotatable bonds is 5. The van der Waals surface area contributed by atoms with E-state index in [4.69, 9.17) is 9.52 Å². The number of furan rings is 1. The molecular weight excluding hydrogens is 302 g/mol. The lowest BCUT2D eigenvalue weighted by Gasteiger charge is -2.07. The molecule has 1 aromatic heterocycles. The van der Waals surface area contributed by atoms with Gasteiger partial charge in [-0.3, -0.25) is 4.79 Å². The molecule has 1 amide bonds. The molecule has 3 rings (SSSR count). The average Bonchev–Trinajstić information content (AvgIpc) is 3.11. The van der Waals surface area contributed by atoms with E-state index in [1.54, 1.807) is 6.07 Å². The molecular formula is C20H19NO3. The van der Waals surface area contributed by atoms with E-state index in [9.17, 15) is 4.79 Å². The van der Waals surface area contributed by atoms with Gasteiger partial charge in [0.2, 0.25) is 0 Å². The van der Waals surface area contributed by atoms with Gasteiger partial charge in [-0.15, -0.1) is 0 Å². The van der Waals surface area contributed by atoms with Gasteiger partial charge in [0.15, 0.2) is 0 Å². The summed E-state index contributed by atoms with van der Waals surface area (Å²) >= 11 is 0. The minimum atomic E-state index is -0.133. The van der Waals surface area contributed by atoms with Crippen LogP contribution in [0.5, 0.6) is 0 Å². The van der Waals surface area contributed by atoms with Crippen molar-refractivity contribution in [1.29, 1.82) is 0 Å². The Hall–Kier alpha value is -2.85. The van der Waals surface area contributed by atoms with E-state index in [1.165, 1.54) is 5.56 Å². The smallest absolute Gasteiger partial charge is 0.255 e. The zero-order chi connectivity index (χ0) is 16.9. The van der Waals surface area contributed by atoms with Crippen molar-refractivity contribution in [3.8, 4) is 11.3 Å². The van der Waals surface area contributed by atoms with Crippen LogP contribution in [0.15, 0.2) is 65.1 Å². The highest BCUT2D eigenvalue weighted by atomic mass is 16.4. The van der Waals surface area contributed by atoms with Crippen LogP contribution >= 0.6 is 0 Å². The molecule has 0 saturated carbocycles. The lowest BCUT2D eigenvalue weighted by molar-refractivity contribution is 0.102. The Labute approximate surface area is 140 Å². The lowest BCUT2D eigenvalue weighted by atomic mass is 10.1. The third kappa shape index (κ3) is 3.55. The fourth-order valence-corrected chi connectivity index (χ4v) is 2.43. The molecule has 4 heteroatoms. The van der Waals surface area contributed by atoms with Crippen molar-refractivity contribution in [2.75, 3.05) is 5.32 Å². The monoisotopic (exact) mass is 321 g/mol. The van der Waals surface area contributed by atoms with E-state index < -0.39 is 0 Å². The Kier molecular flexibility index (Phi) is 4.77. The summed E-state index contributed by atoms with van der Waals surface area (Å²) in [7, 11) is 0. The Morgan fingerprint density at radius 3 is 2.29 bits per heavy atom. The number of aliphatic hydroxyl groups excluding tert-OH is 1. The molecule has 0 unspecified atom stereocenters. The van der Waals surface area contributed by atoms with E-state index in [-0.39, 0.29) is 12.5 Å². The molecule has 0 spiro atoms. The van der Waals surface area contributed by atoms with Crippen LogP contribution < -0.4 is 5.32 Å². The molecule has 4 nitrogen and oxygen atoms in total. The number of hydrogen-bond donors (Lipinski definition) is 2. The minimum Gasteiger partial charge on any atom is -0.459 e. The Morgan fingerprint density at radius 1 is 1.00 bits per heavy atom. The first-order valence-corrected chi connectivity index (χ1v) is 7.90. The largest absolute Gasteiger partial charge is 0.459 e. The molecule has 0 saturated heterocycles. The maximum absolute atomic E-state index is 12.3. The number of carbonyl (C=O) groups excluding carboxylic acids is 1. The normalized spacial score (nSPS) is 10.6. The summed E-state index contributed by atoms with van der Waals surface area (Å²) in [6.45, 7) is 1.96. The molecule has 24 heavy (non-hydrogen) atoms. The molecule has 0 aliphatic rings. The summed E-state index contributed by atoms with van der Waals surface area (Å²) in [5.41, 5.74) is 3.45. The summed E-state index contributed by atoms with van der Waals surface area (Å²) in [4.78, 5) is 12.3. The highest BCUT2D eigenvalue weighted by molar-refractivity contribution is 6.04. The van der Waals surface area contributed by atoms with Gasteiger partial charge in [-0.2, -0.15) is 0 Å². The van der Waals surface area contributed by atoms with Gasteiger partial charge in [0.25, 0.3) is 5.91 Å². The highest BCUT2D eigenvalue weighted by Crippen LogP contribution is 2.24. The van der Waals surface area contributed by atoms with Gasteiger partial charge in [-0.1, -0.05) is 19.1 Å². The minimum absolute atomic E-state index is 0.120. The van der Waals surface area contributed by atoms with Crippen LogP contribution in [0.2, 0.25) is 0 Å². The number of aliphatic hydroxyl groups is 1. The second-order valence-corrected chi connectivity index (χ2v) is 5.51. The van der Waals surface area contributed by atoms with Crippen molar-refractivity contribution in [3.05, 3.63) is 77.6 Å². The van der Waals surface area contributed by atoms with E-state index >= 15 is 0 Å². The van der Waals surface area contributed by atoms with Crippen molar-refractivity contribution >= 4 is 11.6 Å². The van der Waals surface area contributed by atoms with Gasteiger partial charge in [0.05, 0.1) is 0 Å². The predicted molar refractivity (Wildman–Crippen MR) is 93.8 cm³/mol. The SMILES string of the molecule is CCc1ccc(C(=O)Nc2ccc(-c3ccc(CO)o3)cc2)cc1. The third-order valence-electron chi connectivity index (χ3n) is 3.87. The number of amides is 1. The van der Waals surface area contributed by atoms with E-state index in [0.29, 0.717) is 17.1 Å². The third-order valence-corrected chi connectivity index (χ3v) is 3.87. The molecule has 0 fully saturated rings. The fourth-order valence-electron chi connectivity index (χ4n) is 2.43. The van der Waals surface area contributed by atoms with Crippen molar-refractivity contribution in [1.82, 2.24) is 0 Å². The van der Waals surface area contributed by atoms with E-state index in [0.717, 1.165) is 17.7 Å². The van der Waals surface area contributed by atoms with Crippen LogP contribution in [0.4, 0.5) is 5.69 Å². The van der Waals surface area contributed by atoms with Gasteiger partial charge in [-0.05, 0) is 60.5 Å². The Balaban J connectivity index is 1.70. The quantitative estimate of drug-likeness (QED) is 0.738. The van der Waals surface area contributed by atoms with E-state index in [1.807, 2.05) is 54.6 Å². The molecule has 2 aromatic carbocycles. The van der Waals surface area contributed by atoms with Gasteiger partial charge in [-0.25, -0.2) is 0 Å². The molecule has 122 valence electrons. The molecule has 0 aliphatic heterocycles. The molecule has 1 heterocycles. The van der Waals surface area contributed by atoms with Crippen LogP contribution in [-0.4, -0.2) is 11.0 Å². The molecule has 0 aliphatic carbocycles. The van der Waals surface area contributed by atoms with Gasteiger partial charge in [0, 0.05) is 16.8 Å². The number of anilines is 1. The Bertz CT molecular complexity index is 817. The number of aryl methyl sites for hydroxylation is 1. The fraction of sp³-hybridized carbons (Fsp3) is 0.150. The number of carbonyl (C=O) groups is 1. The maximum Gasteiger partial charge on any atom is 0.255 e. The van der Waals surface area contributed by atoms with Gasteiger partial charge in [0.1, 0.15) is 18.1 Å². The summed E-state index contributed by atoms with van der Waals surface area (Å²) < 4.78 is 5.49. The number of nitrogens with one attached hydrogen (secondary N) is 1. The van der Waals surface area contributed by atoms with Gasteiger partial charge >= 0.3 is 0 Å². The van der Waals surface area contributed by atoms with Crippen molar-refractivity contribution in [2.24, 2.45) is 0 Å². The average molecular weight is 321 g/mol. The summed E-state index contributed by atoms with van der Waals surface area (Å²) in [6.07, 6.45) is 0.953. The molecule has 3 aromatic rings. The second-order valence-electron chi connectivity index (χ2n) is 5.51. The lowest BCUT2D eigenvalue weighted by Crippen LogP contribution is -2.11. The van der Waals surface area contributed by atoms with Crippen LogP contribution in [0.3, 0.4) is 0 Å². The highest BCUT2D eigenvalue weighted by Gasteiger charge is 2.07. The first kappa shape index (κ1) is 16.0. The summed E-state index contributed by atoms with van der Waals surface area (Å²) in [6, 6.07) is 18.6. The maximum atomic E-state index is 12.3. The standard InChI is InChI=1S/C20H19NO3/c1-2-14-3-5-16(6-4-14)20(23)21-17-9-7-15(8-10-17)19-12-11-18(13-22)24-19/h3-12,22H,2,13H2,1H3,(H,21,23). The van der Waals surface area contributed by atoms with Crippen LogP contribution in [0, 0.1) is 0 Å². The van der Waals surface area contributed by atoms with Crippen molar-refractivity contribution in [3.63, 3.8) is 0 Å². The molecule has 0 radical (unpaired) electrons. The first-order valence-electron chi connectivity index (χ1n) is 7.90. The summed E-state index contributed by atoms with van der Waals surface area (Å²) in [5, 5.41) is 11.9. The van der Waals surface area contributed by atoms with Crippen LogP contribution in [0.1, 0.15) is 28.6 Å². The zero-order valence-corrected chi connectivity index (χ0v) is 13.5. The molecule has 0 atom stereocenters. The summed E-state index contributed by atoms with van der Waals surface area (Å²) in [5.74, 6) is 1.08. The van der Waals surface area contributed by atoms with Gasteiger partial charge < -0.3 is 14.8 Å². The van der Waals surface area contributed by atoms with Crippen molar-refractivity contribution < 1.29 is 14.3 Å². The van der Waals surface area contributed by atoms with Crippen LogP contribution in [-0.2, 0) is 13.0 Å². The molecule has 0 bridgehead atoms. The van der Waals surface area contributed by atoms with Crippen molar-refractivity contribution in [2.45, 2.75) is 20.0 Å². The number of hydrogen-bond acceptors (Lipinski definition) is 3. The number of benzene rings is 2. The van der Waals surface area contributed by atoms with E-state index in [2.05, 4.69) is 12.2 Å². The Morgan fingerprint density at radius 2 is 1.71 bits per heavy atom. The second kappa shape index (κ2) is 7.15. The topological polar surface area (TPSA) is 62.5 Å². The van der Waals surface area contributed by atoms with Crippen LogP contribution in [0.25, 0.3) is 11.3 Å². The first-order chi connectivity index (χ1) is 11.7. The predicted octanol–water partition coefficient (Wildman–Crippen LogP) is 4.25.